The minimum atomic E-state index is -0.745. The highest BCUT2D eigenvalue weighted by atomic mass is 32.2. The van der Waals surface area contributed by atoms with Crippen LogP contribution in [-0.4, -0.2) is 60.2 Å². The van der Waals surface area contributed by atoms with Crippen LogP contribution in [0.25, 0.3) is 6.08 Å². The fourth-order valence-electron chi connectivity index (χ4n) is 2.20. The van der Waals surface area contributed by atoms with Crippen LogP contribution in [0.3, 0.4) is 0 Å². The molecule has 8 nitrogen and oxygen atoms in total. The van der Waals surface area contributed by atoms with Gasteiger partial charge in [0.05, 0.1) is 18.7 Å². The van der Waals surface area contributed by atoms with Crippen molar-refractivity contribution in [1.82, 2.24) is 10.6 Å². The number of methoxy groups -OCH3 is 1. The van der Waals surface area contributed by atoms with Gasteiger partial charge in [-0.1, -0.05) is 55.2 Å². The molecule has 1 aromatic rings. The summed E-state index contributed by atoms with van der Waals surface area (Å²) in [5.74, 6) is -0.923. The Morgan fingerprint density at radius 3 is 2.33 bits per heavy atom. The second-order valence-corrected chi connectivity index (χ2v) is 7.76. The first-order valence-corrected chi connectivity index (χ1v) is 11.3. The molecule has 0 aliphatic heterocycles. The first-order valence-electron chi connectivity index (χ1n) is 9.09. The van der Waals surface area contributed by atoms with Crippen molar-refractivity contribution in [3.8, 4) is 0 Å². The molecule has 164 valence electrons. The second-order valence-electron chi connectivity index (χ2n) is 5.98. The highest BCUT2D eigenvalue weighted by Gasteiger charge is 2.22. The standard InChI is InChI=1S/C20H26N2O6S2/c1-5-13-7-9-14(10-8-13)17(23)28-11-15(21-19(25)29-4)12-30-20(26)22-16(6-2)18(24)27-3/h5,7-10,15-16H,1,6,11-12H2,2-4H3,(H,21,25)(H,22,26)/t15?,16-/m0/s1. The minimum Gasteiger partial charge on any atom is -0.467 e. The summed E-state index contributed by atoms with van der Waals surface area (Å²) in [5.41, 5.74) is 1.24. The van der Waals surface area contributed by atoms with E-state index >= 15 is 0 Å². The Kier molecular flexibility index (Phi) is 11.7. The van der Waals surface area contributed by atoms with Gasteiger partial charge >= 0.3 is 11.9 Å². The largest absolute Gasteiger partial charge is 0.467 e. The van der Waals surface area contributed by atoms with Crippen molar-refractivity contribution in [3.05, 3.63) is 42.0 Å². The van der Waals surface area contributed by atoms with Crippen LogP contribution >= 0.6 is 23.5 Å². The molecule has 0 aliphatic rings. The van der Waals surface area contributed by atoms with E-state index in [0.717, 1.165) is 29.1 Å². The molecule has 1 rings (SSSR count). The van der Waals surface area contributed by atoms with E-state index in [0.29, 0.717) is 12.0 Å². The zero-order valence-electron chi connectivity index (χ0n) is 17.1. The molecule has 0 radical (unpaired) electrons. The van der Waals surface area contributed by atoms with E-state index in [4.69, 9.17) is 4.74 Å². The molecule has 0 fully saturated rings. The maximum absolute atomic E-state index is 12.2. The van der Waals surface area contributed by atoms with Gasteiger partial charge in [0, 0.05) is 5.75 Å². The number of carbonyl (C=O) groups is 4. The normalized spacial score (nSPS) is 12.2. The first kappa shape index (κ1) is 25.6. The average Bonchev–Trinajstić information content (AvgIpc) is 2.78. The van der Waals surface area contributed by atoms with E-state index in [1.807, 2.05) is 0 Å². The molecule has 30 heavy (non-hydrogen) atoms. The van der Waals surface area contributed by atoms with Crippen molar-refractivity contribution in [2.24, 2.45) is 0 Å². The lowest BCUT2D eigenvalue weighted by Crippen LogP contribution is -2.42. The number of amides is 2. The molecule has 0 aliphatic carbocycles. The molecule has 0 saturated heterocycles. The van der Waals surface area contributed by atoms with Gasteiger partial charge in [0.2, 0.25) is 0 Å². The van der Waals surface area contributed by atoms with Gasteiger partial charge in [0.1, 0.15) is 12.6 Å². The van der Waals surface area contributed by atoms with E-state index < -0.39 is 29.3 Å². The topological polar surface area (TPSA) is 111 Å². The summed E-state index contributed by atoms with van der Waals surface area (Å²) in [4.78, 5) is 47.7. The highest BCUT2D eigenvalue weighted by Crippen LogP contribution is 2.11. The third-order valence-electron chi connectivity index (χ3n) is 3.91. The van der Waals surface area contributed by atoms with Gasteiger partial charge in [-0.25, -0.2) is 9.59 Å². The SMILES string of the molecule is C=Cc1ccc(C(=O)OCC(CSC(=O)N[C@@H](CC)C(=O)OC)NC(=O)SC)cc1. The molecule has 0 spiro atoms. The lowest BCUT2D eigenvalue weighted by atomic mass is 10.1. The van der Waals surface area contributed by atoms with Gasteiger partial charge in [-0.2, -0.15) is 0 Å². The van der Waals surface area contributed by atoms with Gasteiger partial charge < -0.3 is 20.1 Å². The number of nitrogens with one attached hydrogen (secondary N) is 2. The smallest absolute Gasteiger partial charge is 0.338 e. The van der Waals surface area contributed by atoms with Crippen LogP contribution in [0.1, 0.15) is 29.3 Å². The van der Waals surface area contributed by atoms with Gasteiger partial charge in [-0.05, 0) is 30.4 Å². The Morgan fingerprint density at radius 1 is 1.13 bits per heavy atom. The van der Waals surface area contributed by atoms with Crippen LogP contribution in [0.2, 0.25) is 0 Å². The van der Waals surface area contributed by atoms with E-state index in [9.17, 15) is 19.2 Å². The highest BCUT2D eigenvalue weighted by molar-refractivity contribution is 8.13. The Bertz CT molecular complexity index is 754. The summed E-state index contributed by atoms with van der Waals surface area (Å²) in [6.07, 6.45) is 3.66. The van der Waals surface area contributed by atoms with E-state index in [1.165, 1.54) is 7.11 Å². The lowest BCUT2D eigenvalue weighted by molar-refractivity contribution is -0.142. The molecule has 10 heteroatoms. The number of hydrogen-bond donors (Lipinski definition) is 2. The number of thioether (sulfide) groups is 2. The second kappa shape index (κ2) is 13.7. The summed E-state index contributed by atoms with van der Waals surface area (Å²) < 4.78 is 9.92. The summed E-state index contributed by atoms with van der Waals surface area (Å²) in [6, 6.07) is 5.38. The summed E-state index contributed by atoms with van der Waals surface area (Å²) >= 11 is 1.85. The summed E-state index contributed by atoms with van der Waals surface area (Å²) in [5, 5.41) is 4.49. The number of ether oxygens (including phenoxy) is 2. The molecule has 2 atom stereocenters. The predicted molar refractivity (Wildman–Crippen MR) is 120 cm³/mol. The van der Waals surface area contributed by atoms with E-state index in [1.54, 1.807) is 43.5 Å². The number of benzene rings is 1. The quantitative estimate of drug-likeness (QED) is 0.518. The van der Waals surface area contributed by atoms with Crippen LogP contribution in [-0.2, 0) is 14.3 Å². The Balaban J connectivity index is 2.64. The van der Waals surface area contributed by atoms with Crippen molar-refractivity contribution in [2.75, 3.05) is 25.7 Å². The number of carbonyl (C=O) groups excluding carboxylic acids is 4. The van der Waals surface area contributed by atoms with Crippen molar-refractivity contribution in [2.45, 2.75) is 25.4 Å². The van der Waals surface area contributed by atoms with Crippen LogP contribution < -0.4 is 10.6 Å². The third-order valence-corrected chi connectivity index (χ3v) is 5.34. The molecular formula is C20H26N2O6S2. The number of hydrogen-bond acceptors (Lipinski definition) is 8. The van der Waals surface area contributed by atoms with Crippen LogP contribution in [0, 0.1) is 0 Å². The first-order chi connectivity index (χ1) is 14.3. The fraction of sp³-hybridized carbons (Fsp3) is 0.400. The Hall–Kier alpha value is -2.46. The van der Waals surface area contributed by atoms with Gasteiger partial charge in [0.25, 0.3) is 10.5 Å². The summed E-state index contributed by atoms with van der Waals surface area (Å²) in [6.45, 7) is 5.29. The fourth-order valence-corrected chi connectivity index (χ4v) is 3.24. The molecule has 0 aromatic heterocycles. The van der Waals surface area contributed by atoms with Gasteiger partial charge in [-0.15, -0.1) is 0 Å². The van der Waals surface area contributed by atoms with Crippen molar-refractivity contribution < 1.29 is 28.7 Å². The molecule has 0 saturated carbocycles. The Morgan fingerprint density at radius 2 is 1.80 bits per heavy atom. The molecule has 0 heterocycles. The molecule has 1 aromatic carbocycles. The number of esters is 2. The Labute approximate surface area is 184 Å². The molecular weight excluding hydrogens is 428 g/mol. The van der Waals surface area contributed by atoms with E-state index in [-0.39, 0.29) is 17.6 Å². The van der Waals surface area contributed by atoms with Crippen LogP contribution in [0.15, 0.2) is 30.8 Å². The maximum atomic E-state index is 12.2. The minimum absolute atomic E-state index is 0.108. The zero-order valence-corrected chi connectivity index (χ0v) is 18.8. The molecule has 1 unspecified atom stereocenters. The van der Waals surface area contributed by atoms with Gasteiger partial charge in [-0.3, -0.25) is 9.59 Å². The van der Waals surface area contributed by atoms with Crippen molar-refractivity contribution >= 4 is 52.0 Å². The van der Waals surface area contributed by atoms with Crippen LogP contribution in [0.5, 0.6) is 0 Å². The predicted octanol–water partition coefficient (Wildman–Crippen LogP) is 3.32. The molecule has 0 bridgehead atoms. The molecule has 2 N–H and O–H groups in total. The average molecular weight is 455 g/mol. The summed E-state index contributed by atoms with van der Waals surface area (Å²) in [7, 11) is 1.25. The third kappa shape index (κ3) is 8.91. The number of rotatable bonds is 10. The monoisotopic (exact) mass is 454 g/mol. The van der Waals surface area contributed by atoms with Crippen LogP contribution in [0.4, 0.5) is 9.59 Å². The lowest BCUT2D eigenvalue weighted by Gasteiger charge is -2.19. The maximum Gasteiger partial charge on any atom is 0.338 e. The van der Waals surface area contributed by atoms with E-state index in [2.05, 4.69) is 21.9 Å². The van der Waals surface area contributed by atoms with Crippen molar-refractivity contribution in [3.63, 3.8) is 0 Å². The molecule has 2 amide bonds. The van der Waals surface area contributed by atoms with Crippen molar-refractivity contribution in [1.29, 1.82) is 0 Å². The zero-order chi connectivity index (χ0) is 22.5. The van der Waals surface area contributed by atoms with Gasteiger partial charge in [0.15, 0.2) is 0 Å².